The van der Waals surface area contributed by atoms with Gasteiger partial charge in [-0.25, -0.2) is 0 Å². The van der Waals surface area contributed by atoms with E-state index in [1.165, 1.54) is 7.11 Å². The first-order valence-corrected chi connectivity index (χ1v) is 6.62. The summed E-state index contributed by atoms with van der Waals surface area (Å²) >= 11 is 0. The van der Waals surface area contributed by atoms with E-state index in [2.05, 4.69) is 0 Å². The van der Waals surface area contributed by atoms with Gasteiger partial charge in [-0.2, -0.15) is 0 Å². The summed E-state index contributed by atoms with van der Waals surface area (Å²) in [5.74, 6) is 0.569. The first kappa shape index (κ1) is 15.5. The highest BCUT2D eigenvalue weighted by molar-refractivity contribution is 5.79. The Hall–Kier alpha value is -1.55. The summed E-state index contributed by atoms with van der Waals surface area (Å²) in [6.45, 7) is 1.98. The first-order valence-electron chi connectivity index (χ1n) is 6.62. The molecule has 1 rings (SSSR count). The van der Waals surface area contributed by atoms with Crippen LogP contribution in [0.15, 0.2) is 18.2 Å². The number of aliphatic hydroxyl groups excluding tert-OH is 1. The van der Waals surface area contributed by atoms with Crippen molar-refractivity contribution in [3.05, 3.63) is 23.8 Å². The summed E-state index contributed by atoms with van der Waals surface area (Å²) in [5.41, 5.74) is 0.938. The highest BCUT2D eigenvalue weighted by Crippen LogP contribution is 2.26. The molecule has 0 spiro atoms. The van der Waals surface area contributed by atoms with Gasteiger partial charge in [-0.1, -0.05) is 19.4 Å². The van der Waals surface area contributed by atoms with Gasteiger partial charge < -0.3 is 14.9 Å². The van der Waals surface area contributed by atoms with Gasteiger partial charge in [-0.05, 0) is 30.5 Å². The van der Waals surface area contributed by atoms with Crippen molar-refractivity contribution in [2.24, 2.45) is 0 Å². The van der Waals surface area contributed by atoms with Gasteiger partial charge in [0.15, 0.2) is 11.5 Å². The number of aryl methyl sites for hydroxylation is 1. The van der Waals surface area contributed by atoms with E-state index in [9.17, 15) is 15.0 Å². The number of phenolic OH excluding ortho intramolecular Hbond substituents is 1. The lowest BCUT2D eigenvalue weighted by Gasteiger charge is -2.09. The molecule has 0 radical (unpaired) electrons. The standard InChI is InChI=1S/C15H22O4/c1-3-4-12(16)10-13(17)7-5-11-6-8-14(18)15(9-11)19-2/h6,8-9,12,16,18H,3-5,7,10H2,1-2H3/t12-/m0/s1. The Morgan fingerprint density at radius 2 is 2.16 bits per heavy atom. The zero-order valence-corrected chi connectivity index (χ0v) is 11.6. The highest BCUT2D eigenvalue weighted by Gasteiger charge is 2.10. The Kier molecular flexibility index (Phi) is 6.36. The second kappa shape index (κ2) is 7.79. The maximum atomic E-state index is 11.7. The molecule has 0 aliphatic heterocycles. The highest BCUT2D eigenvalue weighted by atomic mass is 16.5. The average molecular weight is 266 g/mol. The molecule has 0 saturated heterocycles. The molecule has 106 valence electrons. The smallest absolute Gasteiger partial charge is 0.160 e. The van der Waals surface area contributed by atoms with Crippen LogP contribution in [-0.2, 0) is 11.2 Å². The zero-order chi connectivity index (χ0) is 14.3. The zero-order valence-electron chi connectivity index (χ0n) is 11.6. The lowest BCUT2D eigenvalue weighted by Crippen LogP contribution is -2.13. The molecular formula is C15H22O4. The summed E-state index contributed by atoms with van der Waals surface area (Å²) in [6, 6.07) is 5.06. The van der Waals surface area contributed by atoms with E-state index >= 15 is 0 Å². The Labute approximate surface area is 114 Å². The number of carbonyl (C=O) groups is 1. The summed E-state index contributed by atoms with van der Waals surface area (Å²) in [6.07, 6.45) is 2.24. The number of hydrogen-bond acceptors (Lipinski definition) is 4. The molecule has 0 saturated carbocycles. The summed E-state index contributed by atoms with van der Waals surface area (Å²) < 4.78 is 5.01. The number of aromatic hydroxyl groups is 1. The van der Waals surface area contributed by atoms with Crippen molar-refractivity contribution in [1.29, 1.82) is 0 Å². The van der Waals surface area contributed by atoms with Gasteiger partial charge in [0.2, 0.25) is 0 Å². The largest absolute Gasteiger partial charge is 0.504 e. The Bertz CT molecular complexity index is 415. The van der Waals surface area contributed by atoms with Crippen molar-refractivity contribution in [3.63, 3.8) is 0 Å². The Balaban J connectivity index is 2.46. The van der Waals surface area contributed by atoms with Crippen LogP contribution in [0.25, 0.3) is 0 Å². The van der Waals surface area contributed by atoms with Crippen molar-refractivity contribution in [2.75, 3.05) is 7.11 Å². The number of benzene rings is 1. The molecule has 4 nitrogen and oxygen atoms in total. The molecule has 0 aromatic heterocycles. The van der Waals surface area contributed by atoms with Gasteiger partial charge in [-0.15, -0.1) is 0 Å². The maximum absolute atomic E-state index is 11.7. The van der Waals surface area contributed by atoms with Gasteiger partial charge in [-0.3, -0.25) is 4.79 Å². The van der Waals surface area contributed by atoms with Gasteiger partial charge in [0.25, 0.3) is 0 Å². The number of aliphatic hydroxyl groups is 1. The van der Waals surface area contributed by atoms with Crippen LogP contribution in [0.2, 0.25) is 0 Å². The van der Waals surface area contributed by atoms with Crippen LogP contribution in [0.1, 0.15) is 38.2 Å². The van der Waals surface area contributed by atoms with Crippen LogP contribution < -0.4 is 4.74 Å². The fourth-order valence-electron chi connectivity index (χ4n) is 1.96. The minimum Gasteiger partial charge on any atom is -0.504 e. The van der Waals surface area contributed by atoms with E-state index in [0.717, 1.165) is 12.0 Å². The van der Waals surface area contributed by atoms with Crippen LogP contribution in [0, 0.1) is 0 Å². The fraction of sp³-hybridized carbons (Fsp3) is 0.533. The Morgan fingerprint density at radius 3 is 2.79 bits per heavy atom. The van der Waals surface area contributed by atoms with E-state index in [0.29, 0.717) is 25.0 Å². The van der Waals surface area contributed by atoms with Crippen LogP contribution in [0.3, 0.4) is 0 Å². The van der Waals surface area contributed by atoms with Gasteiger partial charge >= 0.3 is 0 Å². The molecule has 0 bridgehead atoms. The molecule has 0 amide bonds. The van der Waals surface area contributed by atoms with Crippen LogP contribution >= 0.6 is 0 Å². The van der Waals surface area contributed by atoms with E-state index < -0.39 is 6.10 Å². The van der Waals surface area contributed by atoms with Crippen LogP contribution in [0.5, 0.6) is 11.5 Å². The summed E-state index contributed by atoms with van der Waals surface area (Å²) in [7, 11) is 1.49. The molecule has 19 heavy (non-hydrogen) atoms. The quantitative estimate of drug-likeness (QED) is 0.758. The number of carbonyl (C=O) groups excluding carboxylic acids is 1. The second-order valence-corrected chi connectivity index (χ2v) is 4.69. The van der Waals surface area contributed by atoms with Gasteiger partial charge in [0.05, 0.1) is 13.2 Å². The number of rotatable bonds is 8. The minimum absolute atomic E-state index is 0.0630. The number of ketones is 1. The van der Waals surface area contributed by atoms with E-state index in [1.807, 2.05) is 6.92 Å². The molecule has 4 heteroatoms. The molecule has 2 N–H and O–H groups in total. The third kappa shape index (κ3) is 5.30. The molecule has 0 unspecified atom stereocenters. The second-order valence-electron chi connectivity index (χ2n) is 4.69. The summed E-state index contributed by atoms with van der Waals surface area (Å²) in [4.78, 5) is 11.7. The number of methoxy groups -OCH3 is 1. The normalized spacial score (nSPS) is 12.2. The van der Waals surface area contributed by atoms with Crippen LogP contribution in [-0.4, -0.2) is 29.2 Å². The van der Waals surface area contributed by atoms with Gasteiger partial charge in [0.1, 0.15) is 5.78 Å². The third-order valence-electron chi connectivity index (χ3n) is 3.02. The monoisotopic (exact) mass is 266 g/mol. The summed E-state index contributed by atoms with van der Waals surface area (Å²) in [5, 5.41) is 19.0. The molecule has 1 atom stereocenters. The molecule has 1 aromatic rings. The molecular weight excluding hydrogens is 244 g/mol. The van der Waals surface area contributed by atoms with Crippen molar-refractivity contribution < 1.29 is 19.7 Å². The lowest BCUT2D eigenvalue weighted by atomic mass is 10.0. The van der Waals surface area contributed by atoms with E-state index in [1.54, 1.807) is 18.2 Å². The first-order chi connectivity index (χ1) is 9.06. The van der Waals surface area contributed by atoms with Gasteiger partial charge in [0, 0.05) is 12.8 Å². The number of phenols is 1. The van der Waals surface area contributed by atoms with E-state index in [-0.39, 0.29) is 18.0 Å². The minimum atomic E-state index is -0.521. The average Bonchev–Trinajstić information content (AvgIpc) is 2.38. The molecule has 0 fully saturated rings. The SMILES string of the molecule is CCC[C@H](O)CC(=O)CCc1ccc(O)c(OC)c1. The predicted octanol–water partition coefficient (Wildman–Crippen LogP) is 2.45. The third-order valence-corrected chi connectivity index (χ3v) is 3.02. The number of hydrogen-bond donors (Lipinski definition) is 2. The molecule has 0 heterocycles. The lowest BCUT2D eigenvalue weighted by molar-refractivity contribution is -0.121. The number of ether oxygens (including phenoxy) is 1. The fourth-order valence-corrected chi connectivity index (χ4v) is 1.96. The molecule has 1 aromatic carbocycles. The predicted molar refractivity (Wildman–Crippen MR) is 73.5 cm³/mol. The molecule has 0 aliphatic carbocycles. The van der Waals surface area contributed by atoms with Crippen LogP contribution in [0.4, 0.5) is 0 Å². The van der Waals surface area contributed by atoms with E-state index in [4.69, 9.17) is 4.74 Å². The topological polar surface area (TPSA) is 66.8 Å². The van der Waals surface area contributed by atoms with Crippen molar-refractivity contribution >= 4 is 5.78 Å². The van der Waals surface area contributed by atoms with Crippen molar-refractivity contribution in [3.8, 4) is 11.5 Å². The maximum Gasteiger partial charge on any atom is 0.160 e. The van der Waals surface area contributed by atoms with Crippen molar-refractivity contribution in [1.82, 2.24) is 0 Å². The molecule has 0 aliphatic rings. The number of Topliss-reactive ketones (excluding diaryl/α,β-unsaturated/α-hetero) is 1. The Morgan fingerprint density at radius 1 is 1.42 bits per heavy atom. The van der Waals surface area contributed by atoms with Crippen molar-refractivity contribution in [2.45, 2.75) is 45.1 Å².